The lowest BCUT2D eigenvalue weighted by molar-refractivity contribution is 0.310. The number of hydrogen-bond acceptors (Lipinski definition) is 14. The molecule has 1 heterocycles. The van der Waals surface area contributed by atoms with Crippen LogP contribution in [0.4, 0.5) is 33.3 Å². The molecular formula is C22H20FN7O9S2. The molecule has 41 heavy (non-hydrogen) atoms. The number of methoxy groups -OCH3 is 1. The third kappa shape index (κ3) is 6.78. The van der Waals surface area contributed by atoms with E-state index in [-0.39, 0.29) is 47.3 Å². The standard InChI is InChI=1S/C22H20FN7O9S2/c1-39-13-3-5-15(16(10-13)40(33,34)35)29-30-18-17(41(36,37)38)9-11-8-12(2-4-14(11)19(18)32)25-22-27-20(23)26-21(28-22)24-6-7-31/h2-5,8-10,31-32H,6-7H2,1H3,(H,33,34,35)(H,36,37,38)(H2,24,25,26,27,28). The van der Waals surface area contributed by atoms with Gasteiger partial charge in [-0.15, -0.1) is 10.2 Å². The molecule has 0 fully saturated rings. The van der Waals surface area contributed by atoms with E-state index in [1.807, 2.05) is 0 Å². The SMILES string of the molecule is COc1ccc(N=Nc2c(S(=O)(=O)O)cc3cc(Nc4nc(F)nc(NCCO)n4)ccc3c2O)c(S(=O)(=O)O)c1. The van der Waals surface area contributed by atoms with Crippen molar-refractivity contribution in [1.29, 1.82) is 0 Å². The number of rotatable bonds is 10. The molecule has 0 aliphatic carbocycles. The minimum absolute atomic E-state index is 0.0359. The summed E-state index contributed by atoms with van der Waals surface area (Å²) in [5.74, 6) is -1.08. The second-order valence-corrected chi connectivity index (χ2v) is 10.8. The summed E-state index contributed by atoms with van der Waals surface area (Å²) in [4.78, 5) is 9.30. The van der Waals surface area contributed by atoms with E-state index in [0.717, 1.165) is 18.2 Å². The lowest BCUT2D eigenvalue weighted by Crippen LogP contribution is -2.11. The molecule has 3 aromatic carbocycles. The first-order chi connectivity index (χ1) is 19.3. The summed E-state index contributed by atoms with van der Waals surface area (Å²) < 4.78 is 86.1. The van der Waals surface area contributed by atoms with Crippen LogP contribution in [-0.2, 0) is 20.2 Å². The number of halogens is 1. The summed E-state index contributed by atoms with van der Waals surface area (Å²) in [5, 5.41) is 32.5. The van der Waals surface area contributed by atoms with Gasteiger partial charge in [0.1, 0.15) is 26.9 Å². The number of aromatic hydroxyl groups is 1. The van der Waals surface area contributed by atoms with Crippen LogP contribution in [-0.4, -0.2) is 71.4 Å². The van der Waals surface area contributed by atoms with Gasteiger partial charge in [-0.05, 0) is 41.8 Å². The zero-order valence-electron chi connectivity index (χ0n) is 20.7. The van der Waals surface area contributed by atoms with Gasteiger partial charge in [0.15, 0.2) is 5.75 Å². The summed E-state index contributed by atoms with van der Waals surface area (Å²) in [6, 6.07) is 8.38. The third-order valence-corrected chi connectivity index (χ3v) is 7.04. The minimum Gasteiger partial charge on any atom is -0.505 e. The molecule has 0 spiro atoms. The lowest BCUT2D eigenvalue weighted by atomic mass is 10.1. The van der Waals surface area contributed by atoms with E-state index in [9.17, 15) is 35.4 Å². The van der Waals surface area contributed by atoms with E-state index in [0.29, 0.717) is 0 Å². The van der Waals surface area contributed by atoms with Gasteiger partial charge in [-0.3, -0.25) is 9.11 Å². The van der Waals surface area contributed by atoms with Gasteiger partial charge >= 0.3 is 6.08 Å². The van der Waals surface area contributed by atoms with Crippen LogP contribution >= 0.6 is 0 Å². The van der Waals surface area contributed by atoms with E-state index in [1.54, 1.807) is 0 Å². The van der Waals surface area contributed by atoms with Crippen LogP contribution in [0.1, 0.15) is 0 Å². The topological polar surface area (TPSA) is 246 Å². The zero-order chi connectivity index (χ0) is 29.9. The van der Waals surface area contributed by atoms with Crippen LogP contribution in [0.3, 0.4) is 0 Å². The summed E-state index contributed by atoms with van der Waals surface area (Å²) in [7, 11) is -8.59. The van der Waals surface area contributed by atoms with Crippen LogP contribution in [0.2, 0.25) is 0 Å². The summed E-state index contributed by atoms with van der Waals surface area (Å²) in [5.41, 5.74) is -0.940. The summed E-state index contributed by atoms with van der Waals surface area (Å²) in [6.07, 6.45) is -1.13. The van der Waals surface area contributed by atoms with Crippen molar-refractivity contribution in [2.24, 2.45) is 10.2 Å². The first-order valence-electron chi connectivity index (χ1n) is 11.2. The lowest BCUT2D eigenvalue weighted by Gasteiger charge is -2.11. The number of nitrogens with zero attached hydrogens (tertiary/aromatic N) is 5. The van der Waals surface area contributed by atoms with Gasteiger partial charge in [0.2, 0.25) is 11.9 Å². The van der Waals surface area contributed by atoms with E-state index >= 15 is 0 Å². The number of phenolic OH excluding ortho intramolecular Hbond substituents is 1. The van der Waals surface area contributed by atoms with E-state index < -0.39 is 53.2 Å². The molecule has 16 nitrogen and oxygen atoms in total. The molecule has 19 heteroatoms. The second-order valence-electron chi connectivity index (χ2n) is 8.02. The smallest absolute Gasteiger partial charge is 0.315 e. The van der Waals surface area contributed by atoms with Crippen LogP contribution in [0.5, 0.6) is 11.5 Å². The molecule has 0 aliphatic rings. The van der Waals surface area contributed by atoms with E-state index in [1.165, 1.54) is 31.4 Å². The van der Waals surface area contributed by atoms with Crippen LogP contribution in [0.15, 0.2) is 62.5 Å². The number of aliphatic hydroxyl groups is 1. The largest absolute Gasteiger partial charge is 0.505 e. The Morgan fingerprint density at radius 3 is 2.29 bits per heavy atom. The Morgan fingerprint density at radius 2 is 1.63 bits per heavy atom. The number of aliphatic hydroxyl groups excluding tert-OH is 1. The second kappa shape index (κ2) is 11.5. The molecule has 0 aliphatic heterocycles. The Bertz CT molecular complexity index is 1890. The van der Waals surface area contributed by atoms with Crippen LogP contribution in [0.25, 0.3) is 10.8 Å². The number of nitrogens with one attached hydrogen (secondary N) is 2. The molecule has 0 bridgehead atoms. The number of hydrogen-bond donors (Lipinski definition) is 6. The van der Waals surface area contributed by atoms with Gasteiger partial charge in [0.25, 0.3) is 20.2 Å². The van der Waals surface area contributed by atoms with Crippen molar-refractivity contribution in [3.8, 4) is 11.5 Å². The van der Waals surface area contributed by atoms with Crippen LogP contribution in [0, 0.1) is 6.08 Å². The maximum absolute atomic E-state index is 13.8. The average Bonchev–Trinajstić information content (AvgIpc) is 2.89. The molecule has 0 saturated carbocycles. The molecule has 0 saturated heterocycles. The summed E-state index contributed by atoms with van der Waals surface area (Å²) in [6.45, 7) is -0.213. The van der Waals surface area contributed by atoms with Crippen molar-refractivity contribution >= 4 is 60.0 Å². The highest BCUT2D eigenvalue weighted by Crippen LogP contribution is 2.42. The molecule has 1 aromatic heterocycles. The minimum atomic E-state index is -5.03. The molecule has 0 atom stereocenters. The van der Waals surface area contributed by atoms with Gasteiger partial charge in [-0.2, -0.15) is 36.2 Å². The number of phenols is 1. The van der Waals surface area contributed by atoms with Gasteiger partial charge in [0.05, 0.1) is 13.7 Å². The van der Waals surface area contributed by atoms with Crippen molar-refractivity contribution < 1.29 is 45.3 Å². The fourth-order valence-electron chi connectivity index (χ4n) is 3.52. The predicted molar refractivity (Wildman–Crippen MR) is 141 cm³/mol. The number of ether oxygens (including phenoxy) is 1. The molecule has 6 N–H and O–H groups in total. The quantitative estimate of drug-likeness (QED) is 0.112. The molecule has 0 unspecified atom stereocenters. The highest BCUT2D eigenvalue weighted by Gasteiger charge is 2.23. The van der Waals surface area contributed by atoms with E-state index in [4.69, 9.17) is 9.84 Å². The maximum atomic E-state index is 13.8. The van der Waals surface area contributed by atoms with Gasteiger partial charge in [-0.25, -0.2) is 0 Å². The molecule has 4 rings (SSSR count). The van der Waals surface area contributed by atoms with Crippen molar-refractivity contribution in [3.05, 3.63) is 48.5 Å². The van der Waals surface area contributed by atoms with Crippen molar-refractivity contribution in [3.63, 3.8) is 0 Å². The number of aromatic nitrogens is 3. The normalized spacial score (nSPS) is 12.1. The molecule has 0 radical (unpaired) electrons. The fraction of sp³-hybridized carbons (Fsp3) is 0.136. The third-order valence-electron chi connectivity index (χ3n) is 5.29. The van der Waals surface area contributed by atoms with Gasteiger partial charge in [0, 0.05) is 23.7 Å². The fourth-order valence-corrected chi connectivity index (χ4v) is 4.82. The number of azo groups is 1. The number of benzene rings is 3. The first kappa shape index (κ1) is 29.4. The Kier molecular flexibility index (Phi) is 8.26. The highest BCUT2D eigenvalue weighted by atomic mass is 32.2. The number of fused-ring (bicyclic) bond motifs is 1. The van der Waals surface area contributed by atoms with Gasteiger partial charge < -0.3 is 25.6 Å². The Hall–Kier alpha value is -4.56. The van der Waals surface area contributed by atoms with Crippen molar-refractivity contribution in [2.45, 2.75) is 9.79 Å². The monoisotopic (exact) mass is 609 g/mol. The van der Waals surface area contributed by atoms with E-state index in [2.05, 4.69) is 35.8 Å². The maximum Gasteiger partial charge on any atom is 0.315 e. The van der Waals surface area contributed by atoms with Gasteiger partial charge in [-0.1, -0.05) is 0 Å². The zero-order valence-corrected chi connectivity index (χ0v) is 22.3. The molecule has 0 amide bonds. The van der Waals surface area contributed by atoms with Crippen molar-refractivity contribution in [2.75, 3.05) is 30.9 Å². The first-order valence-corrected chi connectivity index (χ1v) is 14.1. The Morgan fingerprint density at radius 1 is 0.927 bits per heavy atom. The average molecular weight is 610 g/mol. The predicted octanol–water partition coefficient (Wildman–Crippen LogP) is 2.93. The molecule has 216 valence electrons. The van der Waals surface area contributed by atoms with Crippen molar-refractivity contribution in [1.82, 2.24) is 15.0 Å². The highest BCUT2D eigenvalue weighted by molar-refractivity contribution is 7.86. The summed E-state index contributed by atoms with van der Waals surface area (Å²) >= 11 is 0. The number of anilines is 3. The van der Waals surface area contributed by atoms with Crippen LogP contribution < -0.4 is 15.4 Å². The molecular weight excluding hydrogens is 589 g/mol. The Balaban J connectivity index is 1.79. The molecule has 4 aromatic rings. The Labute approximate surface area is 231 Å².